The Morgan fingerprint density at radius 3 is 2.59 bits per heavy atom. The van der Waals surface area contributed by atoms with E-state index in [1.807, 2.05) is 19.2 Å². The van der Waals surface area contributed by atoms with E-state index in [0.717, 1.165) is 37.3 Å². The lowest BCUT2D eigenvalue weighted by Gasteiger charge is -2.22. The maximum atomic E-state index is 12.2. The Morgan fingerprint density at radius 1 is 1.26 bits per heavy atom. The molecule has 2 N–H and O–H groups in total. The van der Waals surface area contributed by atoms with Gasteiger partial charge in [0.15, 0.2) is 5.96 Å². The molecule has 1 aliphatic rings. The summed E-state index contributed by atoms with van der Waals surface area (Å²) in [5.74, 6) is 0.818. The van der Waals surface area contributed by atoms with Crippen LogP contribution in [0.2, 0.25) is 0 Å². The van der Waals surface area contributed by atoms with Gasteiger partial charge < -0.3 is 10.2 Å². The summed E-state index contributed by atoms with van der Waals surface area (Å²) >= 11 is 1.76. The highest BCUT2D eigenvalue weighted by Gasteiger charge is 2.27. The van der Waals surface area contributed by atoms with Crippen molar-refractivity contribution < 1.29 is 8.42 Å². The third kappa shape index (κ3) is 5.79. The molecule has 1 aromatic carbocycles. The minimum absolute atomic E-state index is 0.115. The first kappa shape index (κ1) is 19.9. The van der Waals surface area contributed by atoms with E-state index >= 15 is 0 Å². The fourth-order valence-corrected chi connectivity index (χ4v) is 4.68. The fourth-order valence-electron chi connectivity index (χ4n) is 2.68. The van der Waals surface area contributed by atoms with E-state index in [9.17, 15) is 8.42 Å². The number of likely N-dealkylation sites (N-methyl/N-ethyl adjacent to an activating group) is 1. The van der Waals surface area contributed by atoms with Gasteiger partial charge in [-0.25, -0.2) is 13.1 Å². The van der Waals surface area contributed by atoms with E-state index in [0.29, 0.717) is 11.4 Å². The van der Waals surface area contributed by atoms with Gasteiger partial charge in [-0.2, -0.15) is 0 Å². The van der Waals surface area contributed by atoms with Crippen molar-refractivity contribution in [2.24, 2.45) is 4.99 Å². The van der Waals surface area contributed by atoms with Crippen LogP contribution in [-0.2, 0) is 23.0 Å². The molecule has 2 aromatic rings. The topological polar surface area (TPSA) is 73.8 Å². The number of hydrogen-bond acceptors (Lipinski definition) is 4. The van der Waals surface area contributed by atoms with Gasteiger partial charge in [0.05, 0.1) is 4.90 Å². The number of aliphatic imine (C=N–C) groups is 1. The predicted molar refractivity (Wildman–Crippen MR) is 111 cm³/mol. The summed E-state index contributed by atoms with van der Waals surface area (Å²) < 4.78 is 27.1. The van der Waals surface area contributed by atoms with Gasteiger partial charge in [0.25, 0.3) is 0 Å². The van der Waals surface area contributed by atoms with Crippen LogP contribution in [0, 0.1) is 0 Å². The summed E-state index contributed by atoms with van der Waals surface area (Å²) in [7, 11) is 0.390. The third-order valence-corrected chi connectivity index (χ3v) is 6.90. The number of benzene rings is 1. The van der Waals surface area contributed by atoms with Crippen LogP contribution >= 0.6 is 11.3 Å². The Labute approximate surface area is 165 Å². The first-order chi connectivity index (χ1) is 13.0. The second kappa shape index (κ2) is 8.86. The molecule has 3 rings (SSSR count). The van der Waals surface area contributed by atoms with Crippen LogP contribution in [-0.4, -0.2) is 46.0 Å². The Balaban J connectivity index is 1.51. The lowest BCUT2D eigenvalue weighted by Crippen LogP contribution is -2.39. The molecule has 1 aromatic heterocycles. The van der Waals surface area contributed by atoms with Crippen LogP contribution in [0.3, 0.4) is 0 Å². The van der Waals surface area contributed by atoms with Crippen LogP contribution in [0.4, 0.5) is 0 Å². The molecule has 1 heterocycles. The van der Waals surface area contributed by atoms with Crippen molar-refractivity contribution in [1.29, 1.82) is 0 Å². The molecule has 0 saturated heterocycles. The smallest absolute Gasteiger partial charge is 0.240 e. The van der Waals surface area contributed by atoms with Crippen molar-refractivity contribution >= 4 is 27.3 Å². The molecule has 27 heavy (non-hydrogen) atoms. The summed E-state index contributed by atoms with van der Waals surface area (Å²) in [5.41, 5.74) is 1.01. The number of guanidine groups is 1. The number of nitrogens with zero attached hydrogens (tertiary/aromatic N) is 2. The van der Waals surface area contributed by atoms with Crippen molar-refractivity contribution in [2.45, 2.75) is 36.7 Å². The molecule has 1 fully saturated rings. The van der Waals surface area contributed by atoms with Crippen molar-refractivity contribution in [3.05, 3.63) is 52.2 Å². The highest BCUT2D eigenvalue weighted by Crippen LogP contribution is 2.22. The second-order valence-corrected chi connectivity index (χ2v) is 9.44. The predicted octanol–water partition coefficient (Wildman–Crippen LogP) is 2.44. The van der Waals surface area contributed by atoms with Gasteiger partial charge in [0, 0.05) is 38.1 Å². The molecule has 1 saturated carbocycles. The zero-order valence-electron chi connectivity index (χ0n) is 15.7. The molecule has 0 amide bonds. The standard InChI is InChI=1S/C19H26N4O2S2/c1-20-19(23(2)12-11-17-4-3-13-26-17)21-14-15-5-9-18(10-6-15)27(24,25)22-16-7-8-16/h3-6,9-10,13,16,22H,7-8,11-12,14H2,1-2H3,(H,20,21). The molecule has 0 atom stereocenters. The summed E-state index contributed by atoms with van der Waals surface area (Å²) in [6.45, 7) is 1.47. The van der Waals surface area contributed by atoms with Gasteiger partial charge in [-0.15, -0.1) is 11.3 Å². The Morgan fingerprint density at radius 2 is 2.00 bits per heavy atom. The van der Waals surface area contributed by atoms with Gasteiger partial charge in [0.1, 0.15) is 0 Å². The Hall–Kier alpha value is -1.90. The molecule has 146 valence electrons. The SMILES string of the molecule is CN=C(NCc1ccc(S(=O)(=O)NC2CC2)cc1)N(C)CCc1cccs1. The van der Waals surface area contributed by atoms with Gasteiger partial charge in [0.2, 0.25) is 10.0 Å². The van der Waals surface area contributed by atoms with Gasteiger partial charge in [-0.1, -0.05) is 18.2 Å². The van der Waals surface area contributed by atoms with Crippen LogP contribution in [0.25, 0.3) is 0 Å². The van der Waals surface area contributed by atoms with Crippen molar-refractivity contribution in [3.63, 3.8) is 0 Å². The monoisotopic (exact) mass is 406 g/mol. The molecule has 0 aliphatic heterocycles. The average molecular weight is 407 g/mol. The van der Waals surface area contributed by atoms with Crippen LogP contribution in [0.15, 0.2) is 51.7 Å². The van der Waals surface area contributed by atoms with Gasteiger partial charge >= 0.3 is 0 Å². The number of hydrogen-bond donors (Lipinski definition) is 2. The normalized spacial score (nSPS) is 15.0. The number of rotatable bonds is 8. The highest BCUT2D eigenvalue weighted by molar-refractivity contribution is 7.89. The Kier molecular flexibility index (Phi) is 6.51. The van der Waals surface area contributed by atoms with Crippen LogP contribution < -0.4 is 10.0 Å². The van der Waals surface area contributed by atoms with E-state index < -0.39 is 10.0 Å². The zero-order chi connectivity index (χ0) is 19.3. The van der Waals surface area contributed by atoms with Crippen molar-refractivity contribution in [1.82, 2.24) is 14.9 Å². The van der Waals surface area contributed by atoms with E-state index in [1.165, 1.54) is 4.88 Å². The first-order valence-electron chi connectivity index (χ1n) is 9.03. The third-order valence-electron chi connectivity index (χ3n) is 4.43. The molecule has 0 bridgehead atoms. The molecule has 0 radical (unpaired) electrons. The molecule has 6 nitrogen and oxygen atoms in total. The maximum absolute atomic E-state index is 12.2. The highest BCUT2D eigenvalue weighted by atomic mass is 32.2. The molecule has 8 heteroatoms. The summed E-state index contributed by atoms with van der Waals surface area (Å²) in [4.78, 5) is 8.09. The summed E-state index contributed by atoms with van der Waals surface area (Å²) in [5, 5.41) is 5.42. The number of nitrogens with one attached hydrogen (secondary N) is 2. The number of thiophene rings is 1. The maximum Gasteiger partial charge on any atom is 0.240 e. The van der Waals surface area contributed by atoms with Gasteiger partial charge in [-0.3, -0.25) is 4.99 Å². The minimum Gasteiger partial charge on any atom is -0.352 e. The quantitative estimate of drug-likeness (QED) is 0.522. The van der Waals surface area contributed by atoms with Crippen molar-refractivity contribution in [2.75, 3.05) is 20.6 Å². The van der Waals surface area contributed by atoms with E-state index in [-0.39, 0.29) is 6.04 Å². The van der Waals surface area contributed by atoms with Crippen molar-refractivity contribution in [3.8, 4) is 0 Å². The number of sulfonamides is 1. The first-order valence-corrected chi connectivity index (χ1v) is 11.4. The average Bonchev–Trinajstić information content (AvgIpc) is 3.30. The van der Waals surface area contributed by atoms with Crippen LogP contribution in [0.1, 0.15) is 23.3 Å². The lowest BCUT2D eigenvalue weighted by molar-refractivity contribution is 0.486. The molecule has 0 unspecified atom stereocenters. The minimum atomic E-state index is -3.39. The van der Waals surface area contributed by atoms with E-state index in [2.05, 4.69) is 37.4 Å². The lowest BCUT2D eigenvalue weighted by atomic mass is 10.2. The van der Waals surface area contributed by atoms with Crippen LogP contribution in [0.5, 0.6) is 0 Å². The van der Waals surface area contributed by atoms with E-state index in [4.69, 9.17) is 0 Å². The summed E-state index contributed by atoms with van der Waals surface area (Å²) in [6, 6.07) is 11.3. The molecule has 0 spiro atoms. The van der Waals surface area contributed by atoms with Gasteiger partial charge in [-0.05, 0) is 48.4 Å². The zero-order valence-corrected chi connectivity index (χ0v) is 17.3. The Bertz CT molecular complexity index is 858. The fraction of sp³-hybridized carbons (Fsp3) is 0.421. The van der Waals surface area contributed by atoms with E-state index in [1.54, 1.807) is 30.5 Å². The molecular formula is C19H26N4O2S2. The second-order valence-electron chi connectivity index (χ2n) is 6.69. The molecule has 1 aliphatic carbocycles. The largest absolute Gasteiger partial charge is 0.352 e. The molecular weight excluding hydrogens is 380 g/mol. The summed E-state index contributed by atoms with van der Waals surface area (Å²) in [6.07, 6.45) is 2.84.